The first kappa shape index (κ1) is 12.4. The van der Waals surface area contributed by atoms with Crippen LogP contribution < -0.4 is 5.32 Å². The van der Waals surface area contributed by atoms with Gasteiger partial charge in [0.2, 0.25) is 5.91 Å². The minimum absolute atomic E-state index is 0.0251. The van der Waals surface area contributed by atoms with Crippen molar-refractivity contribution in [3.8, 4) is 0 Å². The zero-order valence-corrected chi connectivity index (χ0v) is 8.92. The molecule has 2 N–H and O–H groups in total. The van der Waals surface area contributed by atoms with Crippen molar-refractivity contribution in [1.82, 2.24) is 10.2 Å². The van der Waals surface area contributed by atoms with Gasteiger partial charge in [-0.2, -0.15) is 0 Å². The molecule has 4 nitrogen and oxygen atoms in total. The van der Waals surface area contributed by atoms with E-state index >= 15 is 0 Å². The monoisotopic (exact) mass is 188 g/mol. The van der Waals surface area contributed by atoms with Crippen LogP contribution in [-0.2, 0) is 4.79 Å². The predicted molar refractivity (Wildman–Crippen MR) is 52.5 cm³/mol. The van der Waals surface area contributed by atoms with E-state index in [0.29, 0.717) is 6.54 Å². The van der Waals surface area contributed by atoms with Gasteiger partial charge in [-0.1, -0.05) is 6.92 Å². The number of rotatable bonds is 5. The van der Waals surface area contributed by atoms with Crippen molar-refractivity contribution in [3.05, 3.63) is 0 Å². The number of amides is 1. The van der Waals surface area contributed by atoms with Crippen LogP contribution >= 0.6 is 0 Å². The largest absolute Gasteiger partial charge is 0.394 e. The Labute approximate surface area is 79.9 Å². The number of likely N-dealkylation sites (N-methyl/N-ethyl adjacent to an activating group) is 1. The Balaban J connectivity index is 4.02. The van der Waals surface area contributed by atoms with Crippen LogP contribution in [0.25, 0.3) is 0 Å². The smallest absolute Gasteiger partial charge is 0.234 e. The molecular weight excluding hydrogens is 168 g/mol. The quantitative estimate of drug-likeness (QED) is 0.629. The number of nitrogens with one attached hydrogen (secondary N) is 1. The van der Waals surface area contributed by atoms with E-state index in [9.17, 15) is 4.79 Å². The number of carbonyl (C=O) groups excluding carboxylic acids is 1. The first-order valence-electron chi connectivity index (χ1n) is 4.50. The van der Waals surface area contributed by atoms with Crippen molar-refractivity contribution < 1.29 is 9.90 Å². The van der Waals surface area contributed by atoms with Gasteiger partial charge in [0.1, 0.15) is 0 Å². The number of carbonyl (C=O) groups is 1. The van der Waals surface area contributed by atoms with Gasteiger partial charge in [0.05, 0.1) is 18.7 Å². The van der Waals surface area contributed by atoms with E-state index in [2.05, 4.69) is 5.32 Å². The van der Waals surface area contributed by atoms with E-state index in [-0.39, 0.29) is 12.5 Å². The Morgan fingerprint density at radius 2 is 2.08 bits per heavy atom. The Bertz CT molecular complexity index is 165. The van der Waals surface area contributed by atoms with Crippen LogP contribution in [0.15, 0.2) is 0 Å². The maximum absolute atomic E-state index is 11.3. The summed E-state index contributed by atoms with van der Waals surface area (Å²) in [6, 6.07) is 0. The van der Waals surface area contributed by atoms with Gasteiger partial charge in [-0.05, 0) is 27.4 Å². The van der Waals surface area contributed by atoms with E-state index < -0.39 is 5.54 Å². The summed E-state index contributed by atoms with van der Waals surface area (Å²) in [5, 5.41) is 11.8. The Kier molecular flexibility index (Phi) is 4.95. The number of nitrogens with zero attached hydrogens (tertiary/aromatic N) is 1. The molecule has 1 amide bonds. The van der Waals surface area contributed by atoms with Crippen molar-refractivity contribution in [2.24, 2.45) is 0 Å². The molecule has 13 heavy (non-hydrogen) atoms. The Hall–Kier alpha value is -0.610. The van der Waals surface area contributed by atoms with E-state index in [1.807, 2.05) is 27.9 Å². The highest BCUT2D eigenvalue weighted by molar-refractivity contribution is 5.78. The maximum atomic E-state index is 11.3. The highest BCUT2D eigenvalue weighted by Crippen LogP contribution is 2.06. The summed E-state index contributed by atoms with van der Waals surface area (Å²) in [5.74, 6) is -0.0524. The van der Waals surface area contributed by atoms with Crippen LogP contribution in [0.2, 0.25) is 0 Å². The average Bonchev–Trinajstić information content (AvgIpc) is 2.02. The fraction of sp³-hybridized carbons (Fsp3) is 0.889. The van der Waals surface area contributed by atoms with Crippen molar-refractivity contribution in [3.63, 3.8) is 0 Å². The van der Waals surface area contributed by atoms with Crippen molar-refractivity contribution in [2.45, 2.75) is 25.8 Å². The molecule has 0 spiro atoms. The van der Waals surface area contributed by atoms with E-state index in [1.54, 1.807) is 4.90 Å². The Morgan fingerprint density at radius 3 is 2.38 bits per heavy atom. The van der Waals surface area contributed by atoms with Crippen LogP contribution in [0.1, 0.15) is 20.3 Å². The van der Waals surface area contributed by atoms with Crippen LogP contribution in [0.3, 0.4) is 0 Å². The molecule has 0 rings (SSSR count). The lowest BCUT2D eigenvalue weighted by Crippen LogP contribution is -2.50. The third-order valence-electron chi connectivity index (χ3n) is 2.03. The molecule has 0 aromatic heterocycles. The van der Waals surface area contributed by atoms with Gasteiger partial charge in [0.15, 0.2) is 0 Å². The number of aliphatic hydroxyl groups excluding tert-OH is 1. The van der Waals surface area contributed by atoms with Crippen LogP contribution in [0.5, 0.6) is 0 Å². The van der Waals surface area contributed by atoms with E-state index in [0.717, 1.165) is 6.42 Å². The van der Waals surface area contributed by atoms with Gasteiger partial charge in [-0.15, -0.1) is 0 Å². The average molecular weight is 188 g/mol. The van der Waals surface area contributed by atoms with E-state index in [4.69, 9.17) is 5.11 Å². The fourth-order valence-corrected chi connectivity index (χ4v) is 0.903. The molecule has 0 heterocycles. The second-order valence-electron chi connectivity index (χ2n) is 3.86. The molecule has 0 saturated heterocycles. The van der Waals surface area contributed by atoms with Gasteiger partial charge in [-0.3, -0.25) is 4.79 Å². The fourth-order valence-electron chi connectivity index (χ4n) is 0.903. The molecule has 0 aliphatic heterocycles. The second kappa shape index (κ2) is 5.19. The summed E-state index contributed by atoms with van der Waals surface area (Å²) in [6.45, 7) is 4.10. The second-order valence-corrected chi connectivity index (χ2v) is 3.86. The lowest BCUT2D eigenvalue weighted by atomic mass is 10.0. The number of aliphatic hydroxyl groups is 1. The molecule has 0 fully saturated rings. The molecular formula is C9H20N2O2. The molecule has 78 valence electrons. The predicted octanol–water partition coefficient (Wildman–Crippen LogP) is -0.175. The number of hydrogen-bond donors (Lipinski definition) is 2. The van der Waals surface area contributed by atoms with Crippen molar-refractivity contribution >= 4 is 5.91 Å². The van der Waals surface area contributed by atoms with Crippen LogP contribution in [0.4, 0.5) is 0 Å². The van der Waals surface area contributed by atoms with Gasteiger partial charge >= 0.3 is 0 Å². The topological polar surface area (TPSA) is 52.6 Å². The molecule has 4 heteroatoms. The summed E-state index contributed by atoms with van der Waals surface area (Å²) >= 11 is 0. The highest BCUT2D eigenvalue weighted by Gasteiger charge is 2.22. The van der Waals surface area contributed by atoms with Gasteiger partial charge < -0.3 is 15.3 Å². The number of hydrogen-bond acceptors (Lipinski definition) is 3. The molecule has 0 aromatic rings. The van der Waals surface area contributed by atoms with Crippen LogP contribution in [-0.4, -0.2) is 48.7 Å². The molecule has 0 saturated carbocycles. The first-order chi connectivity index (χ1) is 5.93. The van der Waals surface area contributed by atoms with Crippen LogP contribution in [0, 0.1) is 0 Å². The molecule has 0 radical (unpaired) electrons. The summed E-state index contributed by atoms with van der Waals surface area (Å²) in [6.07, 6.45) is 0.725. The van der Waals surface area contributed by atoms with Gasteiger partial charge in [0.25, 0.3) is 0 Å². The zero-order valence-electron chi connectivity index (χ0n) is 8.92. The van der Waals surface area contributed by atoms with Crippen molar-refractivity contribution in [1.29, 1.82) is 0 Å². The highest BCUT2D eigenvalue weighted by atomic mass is 16.3. The molecule has 1 unspecified atom stereocenters. The Morgan fingerprint density at radius 1 is 1.54 bits per heavy atom. The first-order valence-corrected chi connectivity index (χ1v) is 4.50. The van der Waals surface area contributed by atoms with Gasteiger partial charge in [-0.25, -0.2) is 0 Å². The van der Waals surface area contributed by atoms with E-state index in [1.165, 1.54) is 0 Å². The maximum Gasteiger partial charge on any atom is 0.234 e. The molecule has 1 atom stereocenters. The third-order valence-corrected chi connectivity index (χ3v) is 2.03. The lowest BCUT2D eigenvalue weighted by molar-refractivity contribution is -0.124. The summed E-state index contributed by atoms with van der Waals surface area (Å²) in [4.78, 5) is 13.1. The molecule has 0 aliphatic rings. The zero-order chi connectivity index (χ0) is 10.5. The minimum Gasteiger partial charge on any atom is -0.394 e. The SMILES string of the molecule is CCC(C)(CO)NC(=O)CN(C)C. The van der Waals surface area contributed by atoms with Crippen molar-refractivity contribution in [2.75, 3.05) is 27.2 Å². The molecule has 0 bridgehead atoms. The molecule has 0 aromatic carbocycles. The lowest BCUT2D eigenvalue weighted by Gasteiger charge is -2.27. The summed E-state index contributed by atoms with van der Waals surface area (Å²) in [5.41, 5.74) is -0.479. The summed E-state index contributed by atoms with van der Waals surface area (Å²) < 4.78 is 0. The standard InChI is InChI=1S/C9H20N2O2/c1-5-9(2,7-12)10-8(13)6-11(3)4/h12H,5-7H2,1-4H3,(H,10,13). The summed E-state index contributed by atoms with van der Waals surface area (Å²) in [7, 11) is 3.67. The molecule has 0 aliphatic carbocycles. The van der Waals surface area contributed by atoms with Gasteiger partial charge in [0, 0.05) is 0 Å². The normalized spacial score (nSPS) is 15.5. The minimum atomic E-state index is -0.479. The third kappa shape index (κ3) is 4.85.